The molecule has 5 heteroatoms. The minimum atomic E-state index is -2.75. The van der Waals surface area contributed by atoms with Gasteiger partial charge in [-0.3, -0.25) is 4.79 Å². The molecule has 0 aromatic heterocycles. The lowest BCUT2D eigenvalue weighted by molar-refractivity contribution is -0.149. The van der Waals surface area contributed by atoms with E-state index in [9.17, 15) is 13.2 Å². The van der Waals surface area contributed by atoms with E-state index < -0.39 is 9.84 Å². The van der Waals surface area contributed by atoms with Crippen LogP contribution in [0.2, 0.25) is 0 Å². The van der Waals surface area contributed by atoms with Crippen LogP contribution >= 0.6 is 0 Å². The normalized spacial score (nSPS) is 27.3. The van der Waals surface area contributed by atoms with E-state index in [0.717, 1.165) is 25.7 Å². The lowest BCUT2D eigenvalue weighted by atomic mass is 9.72. The van der Waals surface area contributed by atoms with E-state index in [1.165, 1.54) is 0 Å². The smallest absolute Gasteiger partial charge is 0.308 e. The highest BCUT2D eigenvalue weighted by Gasteiger charge is 2.50. The van der Waals surface area contributed by atoms with Crippen LogP contribution in [0.5, 0.6) is 0 Å². The summed E-state index contributed by atoms with van der Waals surface area (Å²) in [5.74, 6) is 0.541. The molecule has 0 bridgehead atoms. The molecule has 1 saturated heterocycles. The largest absolute Gasteiger partial charge is 0.466 e. The van der Waals surface area contributed by atoms with Gasteiger partial charge in [0.25, 0.3) is 0 Å². The zero-order chi connectivity index (χ0) is 11.8. The Kier molecular flexibility index (Phi) is 2.99. The van der Waals surface area contributed by atoms with Crippen LogP contribution in [0.3, 0.4) is 0 Å². The molecular weight excluding hydrogens is 228 g/mol. The average molecular weight is 246 g/mol. The summed E-state index contributed by atoms with van der Waals surface area (Å²) >= 11 is 0. The first-order valence-corrected chi connectivity index (χ1v) is 7.66. The first-order chi connectivity index (χ1) is 7.46. The highest BCUT2D eigenvalue weighted by Crippen LogP contribution is 2.47. The van der Waals surface area contributed by atoms with Crippen molar-refractivity contribution in [2.24, 2.45) is 11.3 Å². The summed E-state index contributed by atoms with van der Waals surface area (Å²) in [6.45, 7) is 2.23. The topological polar surface area (TPSA) is 60.4 Å². The third kappa shape index (κ3) is 2.24. The molecule has 16 heavy (non-hydrogen) atoms. The first kappa shape index (κ1) is 11.9. The number of hydrogen-bond donors (Lipinski definition) is 0. The first-order valence-electron chi connectivity index (χ1n) is 5.83. The van der Waals surface area contributed by atoms with E-state index in [0.29, 0.717) is 18.1 Å². The number of carbonyl (C=O) groups is 1. The van der Waals surface area contributed by atoms with E-state index >= 15 is 0 Å². The summed E-state index contributed by atoms with van der Waals surface area (Å²) in [6, 6.07) is 0. The predicted octanol–water partition coefficient (Wildman–Crippen LogP) is 1.15. The number of hydrogen-bond acceptors (Lipinski definition) is 4. The molecule has 0 N–H and O–H groups in total. The van der Waals surface area contributed by atoms with Crippen LogP contribution < -0.4 is 0 Å². The van der Waals surface area contributed by atoms with Gasteiger partial charge in [-0.1, -0.05) is 0 Å². The van der Waals surface area contributed by atoms with Crippen molar-refractivity contribution in [2.45, 2.75) is 32.6 Å². The van der Waals surface area contributed by atoms with Gasteiger partial charge in [-0.25, -0.2) is 8.42 Å². The molecule has 2 fully saturated rings. The van der Waals surface area contributed by atoms with Crippen LogP contribution in [0, 0.1) is 11.3 Å². The van der Waals surface area contributed by atoms with Crippen molar-refractivity contribution in [3.8, 4) is 0 Å². The van der Waals surface area contributed by atoms with Gasteiger partial charge in [0.05, 0.1) is 24.0 Å². The number of rotatable bonds is 2. The van der Waals surface area contributed by atoms with Crippen LogP contribution in [0.25, 0.3) is 0 Å². The second-order valence-electron chi connectivity index (χ2n) is 5.06. The molecule has 2 aliphatic rings. The van der Waals surface area contributed by atoms with Gasteiger partial charge in [-0.2, -0.15) is 0 Å². The SMILES string of the molecule is CCOC(=O)C1CCC2(CC1)CS(=O)(=O)C2. The Morgan fingerprint density at radius 3 is 2.31 bits per heavy atom. The molecular formula is C11H18O4S. The fourth-order valence-electron chi connectivity index (χ4n) is 2.91. The molecule has 1 spiro atoms. The minimum Gasteiger partial charge on any atom is -0.466 e. The van der Waals surface area contributed by atoms with E-state index in [1.807, 2.05) is 0 Å². The predicted molar refractivity (Wildman–Crippen MR) is 59.7 cm³/mol. The van der Waals surface area contributed by atoms with Gasteiger partial charge in [-0.15, -0.1) is 0 Å². The summed E-state index contributed by atoms with van der Waals surface area (Å²) in [7, 11) is -2.75. The van der Waals surface area contributed by atoms with Crippen LogP contribution in [0.4, 0.5) is 0 Å². The molecule has 1 aliphatic heterocycles. The Bertz CT molecular complexity index is 363. The van der Waals surface area contributed by atoms with Crippen LogP contribution in [0.15, 0.2) is 0 Å². The van der Waals surface area contributed by atoms with Crippen molar-refractivity contribution in [1.29, 1.82) is 0 Å². The van der Waals surface area contributed by atoms with E-state index in [1.54, 1.807) is 6.92 Å². The highest BCUT2D eigenvalue weighted by atomic mass is 32.2. The molecule has 2 rings (SSSR count). The van der Waals surface area contributed by atoms with Gasteiger partial charge in [0.15, 0.2) is 9.84 Å². The molecule has 0 amide bonds. The Morgan fingerprint density at radius 1 is 1.31 bits per heavy atom. The fourth-order valence-corrected chi connectivity index (χ4v) is 5.26. The second kappa shape index (κ2) is 4.02. The van der Waals surface area contributed by atoms with Crippen molar-refractivity contribution < 1.29 is 17.9 Å². The van der Waals surface area contributed by atoms with Crippen LogP contribution in [0.1, 0.15) is 32.6 Å². The quantitative estimate of drug-likeness (QED) is 0.686. The second-order valence-corrected chi connectivity index (χ2v) is 7.12. The Balaban J connectivity index is 1.86. The molecule has 0 unspecified atom stereocenters. The summed E-state index contributed by atoms with van der Waals surface area (Å²) < 4.78 is 27.4. The molecule has 92 valence electrons. The van der Waals surface area contributed by atoms with E-state index in [4.69, 9.17) is 4.74 Å². The number of ether oxygens (including phenoxy) is 1. The fraction of sp³-hybridized carbons (Fsp3) is 0.909. The van der Waals surface area contributed by atoms with Crippen LogP contribution in [-0.4, -0.2) is 32.5 Å². The maximum atomic E-state index is 11.5. The number of esters is 1. The Hall–Kier alpha value is -0.580. The third-order valence-electron chi connectivity index (χ3n) is 3.72. The molecule has 0 radical (unpaired) electrons. The molecule has 0 atom stereocenters. The maximum absolute atomic E-state index is 11.5. The summed E-state index contributed by atoms with van der Waals surface area (Å²) in [5, 5.41) is 0. The third-order valence-corrected chi connectivity index (χ3v) is 5.82. The zero-order valence-electron chi connectivity index (χ0n) is 9.57. The standard InChI is InChI=1S/C11H18O4S/c1-2-15-10(12)9-3-5-11(6-4-9)7-16(13,14)8-11/h9H,2-8H2,1H3. The van der Waals surface area contributed by atoms with Gasteiger partial charge < -0.3 is 4.74 Å². The Labute approximate surface area is 96.3 Å². The van der Waals surface area contributed by atoms with Gasteiger partial charge in [0.1, 0.15) is 0 Å². The molecule has 0 aromatic carbocycles. The summed E-state index contributed by atoms with van der Waals surface area (Å²) in [6.07, 6.45) is 3.29. The lowest BCUT2D eigenvalue weighted by Crippen LogP contribution is -2.50. The van der Waals surface area contributed by atoms with Crippen LogP contribution in [-0.2, 0) is 19.4 Å². The van der Waals surface area contributed by atoms with Gasteiger partial charge in [0.2, 0.25) is 0 Å². The summed E-state index contributed by atoms with van der Waals surface area (Å²) in [4.78, 5) is 11.5. The zero-order valence-corrected chi connectivity index (χ0v) is 10.4. The molecule has 1 aliphatic carbocycles. The monoisotopic (exact) mass is 246 g/mol. The minimum absolute atomic E-state index is 0.00181. The van der Waals surface area contributed by atoms with Gasteiger partial charge >= 0.3 is 5.97 Å². The maximum Gasteiger partial charge on any atom is 0.308 e. The molecule has 1 saturated carbocycles. The highest BCUT2D eigenvalue weighted by molar-refractivity contribution is 7.92. The lowest BCUT2D eigenvalue weighted by Gasteiger charge is -2.45. The Morgan fingerprint density at radius 2 is 1.88 bits per heavy atom. The van der Waals surface area contributed by atoms with E-state index in [-0.39, 0.29) is 17.3 Å². The van der Waals surface area contributed by atoms with Crippen molar-refractivity contribution in [2.75, 3.05) is 18.1 Å². The number of carbonyl (C=O) groups excluding carboxylic acids is 1. The van der Waals surface area contributed by atoms with E-state index in [2.05, 4.69) is 0 Å². The van der Waals surface area contributed by atoms with Crippen molar-refractivity contribution in [3.05, 3.63) is 0 Å². The van der Waals surface area contributed by atoms with Gasteiger partial charge in [0, 0.05) is 0 Å². The van der Waals surface area contributed by atoms with Crippen molar-refractivity contribution in [1.82, 2.24) is 0 Å². The van der Waals surface area contributed by atoms with Crippen molar-refractivity contribution >= 4 is 15.8 Å². The summed E-state index contributed by atoms with van der Waals surface area (Å²) in [5.41, 5.74) is 0.00181. The molecule has 4 nitrogen and oxygen atoms in total. The molecule has 0 aromatic rings. The number of sulfone groups is 1. The molecule has 1 heterocycles. The average Bonchev–Trinajstić information content (AvgIpc) is 2.16. The van der Waals surface area contributed by atoms with Crippen molar-refractivity contribution in [3.63, 3.8) is 0 Å². The van der Waals surface area contributed by atoms with Gasteiger partial charge in [-0.05, 0) is 38.0 Å².